The van der Waals surface area contributed by atoms with E-state index in [0.717, 1.165) is 11.4 Å². The molecule has 7 nitrogen and oxygen atoms in total. The van der Waals surface area contributed by atoms with Gasteiger partial charge < -0.3 is 19.5 Å². The second-order valence-electron chi connectivity index (χ2n) is 6.98. The van der Waals surface area contributed by atoms with E-state index in [4.69, 9.17) is 4.42 Å². The lowest BCUT2D eigenvalue weighted by Crippen LogP contribution is -2.50. The molecule has 3 heterocycles. The summed E-state index contributed by atoms with van der Waals surface area (Å²) in [5.41, 5.74) is 3.37. The summed E-state index contributed by atoms with van der Waals surface area (Å²) in [6, 6.07) is 15.0. The van der Waals surface area contributed by atoms with Crippen LogP contribution in [0.3, 0.4) is 0 Å². The van der Waals surface area contributed by atoms with E-state index in [0.29, 0.717) is 37.6 Å². The third-order valence-corrected chi connectivity index (χ3v) is 4.91. The van der Waals surface area contributed by atoms with Gasteiger partial charge >= 0.3 is 0 Å². The first kappa shape index (κ1) is 18.7. The highest BCUT2D eigenvalue weighted by Gasteiger charge is 2.27. The van der Waals surface area contributed by atoms with Crippen molar-refractivity contribution in [2.24, 2.45) is 0 Å². The average molecular weight is 390 g/mol. The largest absolute Gasteiger partial charge is 0.459 e. The Balaban J connectivity index is 1.34. The molecule has 0 spiro atoms. The molecular formula is C22H22N4O3. The van der Waals surface area contributed by atoms with Crippen LogP contribution in [-0.4, -0.2) is 52.8 Å². The van der Waals surface area contributed by atoms with Gasteiger partial charge in [0, 0.05) is 31.9 Å². The number of aryl methyl sites for hydroxylation is 1. The van der Waals surface area contributed by atoms with Gasteiger partial charge in [0.05, 0.1) is 18.1 Å². The Hall–Kier alpha value is -3.61. The van der Waals surface area contributed by atoms with Crippen LogP contribution in [0.15, 0.2) is 65.4 Å². The van der Waals surface area contributed by atoms with Gasteiger partial charge in [-0.25, -0.2) is 4.98 Å². The molecule has 0 bridgehead atoms. The number of pyridine rings is 1. The second kappa shape index (κ2) is 8.18. The molecule has 1 aliphatic rings. The Morgan fingerprint density at radius 1 is 0.897 bits per heavy atom. The molecule has 4 rings (SSSR count). The minimum atomic E-state index is -0.147. The Morgan fingerprint density at radius 3 is 2.14 bits per heavy atom. The van der Waals surface area contributed by atoms with Crippen LogP contribution < -0.4 is 5.32 Å². The molecule has 1 fully saturated rings. The standard InChI is InChI=1S/C22H22N4O3/c1-16-4-6-17(7-5-16)24-18-8-9-19(23-15-18)21(27)25-10-12-26(13-11-25)22(28)20-3-2-14-29-20/h2-9,14-15,24H,10-13H2,1H3. The Bertz CT molecular complexity index is 974. The second-order valence-corrected chi connectivity index (χ2v) is 6.98. The van der Waals surface area contributed by atoms with Crippen molar-refractivity contribution < 1.29 is 14.0 Å². The Morgan fingerprint density at radius 2 is 1.55 bits per heavy atom. The zero-order valence-corrected chi connectivity index (χ0v) is 16.2. The molecule has 0 saturated carbocycles. The number of nitrogens with zero attached hydrogens (tertiary/aromatic N) is 3. The number of hydrogen-bond donors (Lipinski definition) is 1. The van der Waals surface area contributed by atoms with Crippen molar-refractivity contribution in [3.05, 3.63) is 78.0 Å². The number of rotatable bonds is 4. The van der Waals surface area contributed by atoms with Crippen molar-refractivity contribution in [2.45, 2.75) is 6.92 Å². The van der Waals surface area contributed by atoms with Gasteiger partial charge in [-0.1, -0.05) is 17.7 Å². The minimum absolute atomic E-state index is 0.128. The number of furan rings is 1. The van der Waals surface area contributed by atoms with Crippen molar-refractivity contribution >= 4 is 23.2 Å². The first-order valence-electron chi connectivity index (χ1n) is 9.52. The van der Waals surface area contributed by atoms with Crippen LogP contribution in [0.5, 0.6) is 0 Å². The lowest BCUT2D eigenvalue weighted by Gasteiger charge is -2.34. The number of hydrogen-bond acceptors (Lipinski definition) is 5. The van der Waals surface area contributed by atoms with Crippen LogP contribution in [-0.2, 0) is 0 Å². The maximum atomic E-state index is 12.7. The van der Waals surface area contributed by atoms with E-state index in [9.17, 15) is 9.59 Å². The molecule has 0 aliphatic carbocycles. The molecule has 0 radical (unpaired) electrons. The fraction of sp³-hybridized carbons (Fsp3) is 0.227. The third-order valence-electron chi connectivity index (χ3n) is 4.91. The summed E-state index contributed by atoms with van der Waals surface area (Å²) in [6.07, 6.45) is 3.14. The molecule has 1 aromatic carbocycles. The summed E-state index contributed by atoms with van der Waals surface area (Å²) in [5.74, 6) is 0.0480. The van der Waals surface area contributed by atoms with Gasteiger partial charge in [-0.05, 0) is 43.3 Å². The molecule has 3 aromatic rings. The van der Waals surface area contributed by atoms with E-state index < -0.39 is 0 Å². The fourth-order valence-electron chi connectivity index (χ4n) is 3.23. The summed E-state index contributed by atoms with van der Waals surface area (Å²) in [6.45, 7) is 3.92. The van der Waals surface area contributed by atoms with Crippen LogP contribution in [0.4, 0.5) is 11.4 Å². The number of benzene rings is 1. The predicted octanol–water partition coefficient (Wildman–Crippen LogP) is 3.32. The predicted molar refractivity (Wildman–Crippen MR) is 109 cm³/mol. The molecule has 7 heteroatoms. The molecule has 29 heavy (non-hydrogen) atoms. The highest BCUT2D eigenvalue weighted by atomic mass is 16.3. The average Bonchev–Trinajstić information content (AvgIpc) is 3.30. The van der Waals surface area contributed by atoms with Crippen LogP contribution in [0.2, 0.25) is 0 Å². The SMILES string of the molecule is Cc1ccc(Nc2ccc(C(=O)N3CCN(C(=O)c4ccco4)CC3)nc2)cc1. The summed E-state index contributed by atoms with van der Waals surface area (Å²) in [5, 5.41) is 3.27. The van der Waals surface area contributed by atoms with Gasteiger partial charge in [-0.3, -0.25) is 9.59 Å². The fourth-order valence-corrected chi connectivity index (χ4v) is 3.23. The molecule has 1 saturated heterocycles. The van der Waals surface area contributed by atoms with Crippen LogP contribution in [0, 0.1) is 6.92 Å². The summed E-state index contributed by atoms with van der Waals surface area (Å²) in [7, 11) is 0. The number of carbonyl (C=O) groups is 2. The van der Waals surface area contributed by atoms with E-state index in [-0.39, 0.29) is 11.8 Å². The van der Waals surface area contributed by atoms with Gasteiger partial charge in [0.2, 0.25) is 0 Å². The van der Waals surface area contributed by atoms with Gasteiger partial charge in [0.1, 0.15) is 5.69 Å². The molecule has 2 aromatic heterocycles. The third kappa shape index (κ3) is 4.29. The van der Waals surface area contributed by atoms with Crippen molar-refractivity contribution in [1.82, 2.24) is 14.8 Å². The number of carbonyl (C=O) groups excluding carboxylic acids is 2. The lowest BCUT2D eigenvalue weighted by molar-refractivity contribution is 0.0515. The van der Waals surface area contributed by atoms with Gasteiger partial charge in [0.25, 0.3) is 11.8 Å². The van der Waals surface area contributed by atoms with Crippen molar-refractivity contribution in [2.75, 3.05) is 31.5 Å². The van der Waals surface area contributed by atoms with Crippen LogP contribution >= 0.6 is 0 Å². The van der Waals surface area contributed by atoms with E-state index in [1.807, 2.05) is 37.3 Å². The molecule has 1 aliphatic heterocycles. The van der Waals surface area contributed by atoms with Gasteiger partial charge in [0.15, 0.2) is 5.76 Å². The first-order valence-corrected chi connectivity index (χ1v) is 9.52. The molecule has 148 valence electrons. The highest BCUT2D eigenvalue weighted by molar-refractivity contribution is 5.94. The molecular weight excluding hydrogens is 368 g/mol. The van der Waals surface area contributed by atoms with Crippen LogP contribution in [0.1, 0.15) is 26.6 Å². The number of amides is 2. The minimum Gasteiger partial charge on any atom is -0.459 e. The molecule has 2 amide bonds. The van der Waals surface area contributed by atoms with Crippen molar-refractivity contribution in [3.63, 3.8) is 0 Å². The quantitative estimate of drug-likeness (QED) is 0.739. The van der Waals surface area contributed by atoms with E-state index >= 15 is 0 Å². The van der Waals surface area contributed by atoms with E-state index in [1.54, 1.807) is 34.2 Å². The van der Waals surface area contributed by atoms with Crippen molar-refractivity contribution in [3.8, 4) is 0 Å². The summed E-state index contributed by atoms with van der Waals surface area (Å²) in [4.78, 5) is 32.8. The Labute approximate surface area is 169 Å². The maximum Gasteiger partial charge on any atom is 0.289 e. The first-order chi connectivity index (χ1) is 14.1. The highest BCUT2D eigenvalue weighted by Crippen LogP contribution is 2.17. The lowest BCUT2D eigenvalue weighted by atomic mass is 10.2. The van der Waals surface area contributed by atoms with Crippen LogP contribution in [0.25, 0.3) is 0 Å². The van der Waals surface area contributed by atoms with E-state index in [1.165, 1.54) is 11.8 Å². The number of anilines is 2. The Kier molecular flexibility index (Phi) is 5.29. The van der Waals surface area contributed by atoms with E-state index in [2.05, 4.69) is 10.3 Å². The zero-order chi connectivity index (χ0) is 20.2. The molecule has 1 N–H and O–H groups in total. The normalized spacial score (nSPS) is 14.0. The van der Waals surface area contributed by atoms with Crippen molar-refractivity contribution in [1.29, 1.82) is 0 Å². The number of nitrogens with one attached hydrogen (secondary N) is 1. The zero-order valence-electron chi connectivity index (χ0n) is 16.2. The van der Waals surface area contributed by atoms with Gasteiger partial charge in [-0.15, -0.1) is 0 Å². The summed E-state index contributed by atoms with van der Waals surface area (Å²) < 4.78 is 5.16. The molecule has 0 atom stereocenters. The maximum absolute atomic E-state index is 12.7. The van der Waals surface area contributed by atoms with Gasteiger partial charge in [-0.2, -0.15) is 0 Å². The number of aromatic nitrogens is 1. The summed E-state index contributed by atoms with van der Waals surface area (Å²) >= 11 is 0. The smallest absolute Gasteiger partial charge is 0.289 e. The molecule has 0 unspecified atom stereocenters. The number of piperazine rings is 1. The monoisotopic (exact) mass is 390 g/mol. The topological polar surface area (TPSA) is 78.7 Å².